The summed E-state index contributed by atoms with van der Waals surface area (Å²) in [5, 5.41) is 1.17. The minimum atomic E-state index is -0.0265. The van der Waals surface area contributed by atoms with E-state index in [-0.39, 0.29) is 5.56 Å². The molecule has 4 aromatic rings. The van der Waals surface area contributed by atoms with Crippen molar-refractivity contribution in [2.24, 2.45) is 0 Å². The summed E-state index contributed by atoms with van der Waals surface area (Å²) < 4.78 is 2.81. The van der Waals surface area contributed by atoms with Gasteiger partial charge in [-0.15, -0.1) is 11.3 Å². The van der Waals surface area contributed by atoms with Crippen LogP contribution in [0.3, 0.4) is 0 Å². The molecule has 5 nitrogen and oxygen atoms in total. The Balaban J connectivity index is 1.47. The van der Waals surface area contributed by atoms with Crippen LogP contribution in [-0.2, 0) is 6.54 Å². The molecule has 1 aliphatic heterocycles. The molecule has 0 radical (unpaired) electrons. The molecule has 1 aromatic carbocycles. The fourth-order valence-corrected chi connectivity index (χ4v) is 4.86. The van der Waals surface area contributed by atoms with E-state index in [1.165, 1.54) is 9.71 Å². The molecule has 0 saturated carbocycles. The highest BCUT2D eigenvalue weighted by molar-refractivity contribution is 7.18. The van der Waals surface area contributed by atoms with Gasteiger partial charge >= 0.3 is 0 Å². The smallest absolute Gasteiger partial charge is 0.258 e. The van der Waals surface area contributed by atoms with Gasteiger partial charge in [-0.05, 0) is 43.7 Å². The molecule has 0 spiro atoms. The van der Waals surface area contributed by atoms with Gasteiger partial charge in [-0.1, -0.05) is 18.2 Å². The molecule has 1 unspecified atom stereocenters. The zero-order valence-electron chi connectivity index (χ0n) is 14.2. The lowest BCUT2D eigenvalue weighted by molar-refractivity contribution is 0.245. The average molecular weight is 362 g/mol. The SMILES string of the molecule is O=c1cc(CN2CCCC2c2nc3ccccc3s2)nc2ccccn12. The summed E-state index contributed by atoms with van der Waals surface area (Å²) in [6, 6.07) is 15.9. The molecule has 0 N–H and O–H groups in total. The maximum Gasteiger partial charge on any atom is 0.258 e. The minimum absolute atomic E-state index is 0.0265. The molecule has 1 fully saturated rings. The number of rotatable bonds is 3. The average Bonchev–Trinajstić information content (AvgIpc) is 3.28. The third-order valence-electron chi connectivity index (χ3n) is 4.95. The van der Waals surface area contributed by atoms with Crippen molar-refractivity contribution in [1.82, 2.24) is 19.3 Å². The molecular weight excluding hydrogens is 344 g/mol. The van der Waals surface area contributed by atoms with Crippen molar-refractivity contribution in [1.29, 1.82) is 0 Å². The van der Waals surface area contributed by atoms with E-state index < -0.39 is 0 Å². The number of hydrogen-bond acceptors (Lipinski definition) is 5. The summed E-state index contributed by atoms with van der Waals surface area (Å²) in [5.41, 5.74) is 2.57. The van der Waals surface area contributed by atoms with Gasteiger partial charge in [0.05, 0.1) is 22.0 Å². The first-order valence-electron chi connectivity index (χ1n) is 8.85. The fourth-order valence-electron chi connectivity index (χ4n) is 3.72. The van der Waals surface area contributed by atoms with E-state index in [1.54, 1.807) is 28.0 Å². The second-order valence-electron chi connectivity index (χ2n) is 6.66. The summed E-state index contributed by atoms with van der Waals surface area (Å²) in [4.78, 5) is 24.3. The van der Waals surface area contributed by atoms with Crippen molar-refractivity contribution in [2.75, 3.05) is 6.54 Å². The zero-order chi connectivity index (χ0) is 17.5. The van der Waals surface area contributed by atoms with Crippen molar-refractivity contribution >= 4 is 27.2 Å². The monoisotopic (exact) mass is 362 g/mol. The molecule has 1 atom stereocenters. The first kappa shape index (κ1) is 15.7. The molecule has 3 aromatic heterocycles. The molecule has 6 heteroatoms. The topological polar surface area (TPSA) is 50.5 Å². The van der Waals surface area contributed by atoms with Crippen LogP contribution in [0.4, 0.5) is 0 Å². The van der Waals surface area contributed by atoms with Crippen molar-refractivity contribution in [2.45, 2.75) is 25.4 Å². The highest BCUT2D eigenvalue weighted by Crippen LogP contribution is 2.36. The van der Waals surface area contributed by atoms with E-state index in [0.717, 1.165) is 30.6 Å². The van der Waals surface area contributed by atoms with Crippen LogP contribution in [0.2, 0.25) is 0 Å². The largest absolute Gasteiger partial charge is 0.288 e. The van der Waals surface area contributed by atoms with Gasteiger partial charge in [0.2, 0.25) is 0 Å². The molecule has 130 valence electrons. The minimum Gasteiger partial charge on any atom is -0.288 e. The van der Waals surface area contributed by atoms with Crippen LogP contribution in [-0.4, -0.2) is 25.8 Å². The fraction of sp³-hybridized carbons (Fsp3) is 0.250. The van der Waals surface area contributed by atoms with Crippen LogP contribution in [0.15, 0.2) is 59.5 Å². The van der Waals surface area contributed by atoms with Gasteiger partial charge < -0.3 is 0 Å². The van der Waals surface area contributed by atoms with Gasteiger partial charge in [0.1, 0.15) is 10.7 Å². The van der Waals surface area contributed by atoms with Gasteiger partial charge in [-0.25, -0.2) is 9.97 Å². The quantitative estimate of drug-likeness (QED) is 0.558. The number of fused-ring (bicyclic) bond motifs is 2. The van der Waals surface area contributed by atoms with Crippen LogP contribution in [0.1, 0.15) is 29.6 Å². The van der Waals surface area contributed by atoms with Gasteiger partial charge in [0, 0.05) is 18.8 Å². The normalized spacial score (nSPS) is 18.1. The maximum absolute atomic E-state index is 12.3. The van der Waals surface area contributed by atoms with E-state index in [4.69, 9.17) is 4.98 Å². The van der Waals surface area contributed by atoms with Gasteiger partial charge in [-0.3, -0.25) is 14.1 Å². The Morgan fingerprint density at radius 3 is 2.92 bits per heavy atom. The van der Waals surface area contributed by atoms with E-state index in [1.807, 2.05) is 24.3 Å². The van der Waals surface area contributed by atoms with E-state index in [0.29, 0.717) is 18.2 Å². The van der Waals surface area contributed by atoms with Crippen molar-refractivity contribution in [3.63, 3.8) is 0 Å². The van der Waals surface area contributed by atoms with E-state index in [9.17, 15) is 4.79 Å². The van der Waals surface area contributed by atoms with Crippen LogP contribution in [0, 0.1) is 0 Å². The van der Waals surface area contributed by atoms with Gasteiger partial charge in [0.25, 0.3) is 5.56 Å². The molecule has 1 saturated heterocycles. The molecule has 5 rings (SSSR count). The zero-order valence-corrected chi connectivity index (χ0v) is 15.0. The van der Waals surface area contributed by atoms with Crippen molar-refractivity contribution in [3.8, 4) is 0 Å². The van der Waals surface area contributed by atoms with Gasteiger partial charge in [0.15, 0.2) is 0 Å². The number of pyridine rings is 1. The molecule has 1 aliphatic rings. The van der Waals surface area contributed by atoms with Crippen LogP contribution in [0.5, 0.6) is 0 Å². The number of thiazole rings is 1. The summed E-state index contributed by atoms with van der Waals surface area (Å²) in [6.45, 7) is 1.69. The number of aromatic nitrogens is 3. The molecule has 0 amide bonds. The molecule has 4 heterocycles. The Labute approximate surface area is 154 Å². The number of hydrogen-bond donors (Lipinski definition) is 0. The number of benzene rings is 1. The number of para-hydroxylation sites is 1. The third-order valence-corrected chi connectivity index (χ3v) is 6.09. The first-order valence-corrected chi connectivity index (χ1v) is 9.66. The van der Waals surface area contributed by atoms with E-state index >= 15 is 0 Å². The number of likely N-dealkylation sites (tertiary alicyclic amines) is 1. The summed E-state index contributed by atoms with van der Waals surface area (Å²) in [7, 11) is 0. The third kappa shape index (κ3) is 2.71. The van der Waals surface area contributed by atoms with Crippen molar-refractivity contribution in [3.05, 3.63) is 75.8 Å². The maximum atomic E-state index is 12.3. The lowest BCUT2D eigenvalue weighted by Gasteiger charge is -2.22. The summed E-state index contributed by atoms with van der Waals surface area (Å²) in [6.07, 6.45) is 4.01. The molecular formula is C20H18N4OS. The Morgan fingerprint density at radius 1 is 1.12 bits per heavy atom. The molecule has 0 aliphatic carbocycles. The lowest BCUT2D eigenvalue weighted by atomic mass is 10.2. The van der Waals surface area contributed by atoms with Gasteiger partial charge in [-0.2, -0.15) is 0 Å². The second kappa shape index (κ2) is 6.30. The molecule has 26 heavy (non-hydrogen) atoms. The Kier molecular flexibility index (Phi) is 3.80. The van der Waals surface area contributed by atoms with Crippen LogP contribution >= 0.6 is 11.3 Å². The van der Waals surface area contributed by atoms with Crippen LogP contribution < -0.4 is 5.56 Å². The highest BCUT2D eigenvalue weighted by Gasteiger charge is 2.29. The predicted molar refractivity (Wildman–Crippen MR) is 103 cm³/mol. The Morgan fingerprint density at radius 2 is 2.00 bits per heavy atom. The standard InChI is InChI=1S/C20H18N4OS/c25-19-12-14(21-18-9-3-4-11-24(18)19)13-23-10-5-7-16(23)20-22-15-6-1-2-8-17(15)26-20/h1-4,6,8-9,11-12,16H,5,7,10,13H2. The Bertz CT molecular complexity index is 1120. The number of nitrogens with zero attached hydrogens (tertiary/aromatic N) is 4. The van der Waals surface area contributed by atoms with Crippen molar-refractivity contribution < 1.29 is 0 Å². The predicted octanol–water partition coefficient (Wildman–Crippen LogP) is 3.64. The highest BCUT2D eigenvalue weighted by atomic mass is 32.1. The summed E-state index contributed by atoms with van der Waals surface area (Å²) in [5.74, 6) is 0. The van der Waals surface area contributed by atoms with E-state index in [2.05, 4.69) is 28.1 Å². The summed E-state index contributed by atoms with van der Waals surface area (Å²) >= 11 is 1.78. The second-order valence-corrected chi connectivity index (χ2v) is 7.73. The lowest BCUT2D eigenvalue weighted by Crippen LogP contribution is -2.25. The first-order chi connectivity index (χ1) is 12.8. The van der Waals surface area contributed by atoms with Crippen LogP contribution in [0.25, 0.3) is 15.9 Å². The Hall–Kier alpha value is -2.57. The molecule has 0 bridgehead atoms.